The number of unbranched alkanes of at least 4 members (excludes halogenated alkanes) is 2. The van der Waals surface area contributed by atoms with Crippen LogP contribution in [-0.2, 0) is 0 Å². The van der Waals surface area contributed by atoms with Gasteiger partial charge in [0, 0.05) is 12.3 Å². The monoisotopic (exact) mass is 398 g/mol. The van der Waals surface area contributed by atoms with E-state index in [2.05, 4.69) is 38.7 Å². The standard InChI is InChI=1S/C27H42O2/c1-5-6-7-8-15-27(4,29)24-12-11-22-21-10-9-19-18-20(28)13-16-25(19,2)23(21)14-17-26(22,24)3/h9,20-24,28-29H,5-7,10-14,16-18H2,1-4H3/t20?,21-,22-,23-,24-,25-,26-,27?/m0/s1. The van der Waals surface area contributed by atoms with E-state index in [9.17, 15) is 10.2 Å². The van der Waals surface area contributed by atoms with Crippen molar-refractivity contribution >= 4 is 0 Å². The molecule has 0 bridgehead atoms. The van der Waals surface area contributed by atoms with Crippen LogP contribution >= 0.6 is 0 Å². The minimum Gasteiger partial charge on any atom is -0.393 e. The molecule has 8 atom stereocenters. The van der Waals surface area contributed by atoms with E-state index in [1.165, 1.54) is 25.7 Å². The first kappa shape index (κ1) is 21.5. The Morgan fingerprint density at radius 3 is 2.69 bits per heavy atom. The molecule has 4 aliphatic rings. The van der Waals surface area contributed by atoms with E-state index in [-0.39, 0.29) is 11.5 Å². The van der Waals surface area contributed by atoms with Crippen molar-refractivity contribution in [1.29, 1.82) is 0 Å². The molecular weight excluding hydrogens is 356 g/mol. The summed E-state index contributed by atoms with van der Waals surface area (Å²) in [5.41, 5.74) is 1.19. The first-order valence-corrected chi connectivity index (χ1v) is 12.3. The van der Waals surface area contributed by atoms with Crippen molar-refractivity contribution in [2.45, 2.75) is 110 Å². The maximum Gasteiger partial charge on any atom is 0.126 e. The lowest BCUT2D eigenvalue weighted by Crippen LogP contribution is -2.52. The molecule has 0 amide bonds. The van der Waals surface area contributed by atoms with Gasteiger partial charge in [-0.25, -0.2) is 0 Å². The highest BCUT2D eigenvalue weighted by Crippen LogP contribution is 2.67. The lowest BCUT2D eigenvalue weighted by Gasteiger charge is -2.58. The van der Waals surface area contributed by atoms with Crippen LogP contribution in [0.2, 0.25) is 0 Å². The topological polar surface area (TPSA) is 40.5 Å². The second-order valence-electron chi connectivity index (χ2n) is 11.4. The number of aliphatic hydroxyl groups is 2. The number of allylic oxidation sites excluding steroid dienone is 1. The predicted octanol–water partition coefficient (Wildman–Crippen LogP) is 5.87. The fourth-order valence-corrected chi connectivity index (χ4v) is 8.16. The quantitative estimate of drug-likeness (QED) is 0.354. The first-order valence-electron chi connectivity index (χ1n) is 12.3. The number of fused-ring (bicyclic) bond motifs is 5. The zero-order chi connectivity index (χ0) is 20.9. The smallest absolute Gasteiger partial charge is 0.126 e. The van der Waals surface area contributed by atoms with Crippen molar-refractivity contribution < 1.29 is 10.2 Å². The molecule has 2 N–H and O–H groups in total. The van der Waals surface area contributed by atoms with Crippen molar-refractivity contribution in [3.63, 3.8) is 0 Å². The summed E-state index contributed by atoms with van der Waals surface area (Å²) >= 11 is 0. The van der Waals surface area contributed by atoms with Crippen LogP contribution in [0.4, 0.5) is 0 Å². The summed E-state index contributed by atoms with van der Waals surface area (Å²) in [6, 6.07) is 0. The van der Waals surface area contributed by atoms with Crippen LogP contribution in [0.1, 0.15) is 98.3 Å². The summed E-state index contributed by atoms with van der Waals surface area (Å²) in [5.74, 6) is 9.07. The number of hydrogen-bond donors (Lipinski definition) is 2. The Morgan fingerprint density at radius 2 is 1.93 bits per heavy atom. The van der Waals surface area contributed by atoms with Gasteiger partial charge < -0.3 is 10.2 Å². The summed E-state index contributed by atoms with van der Waals surface area (Å²) < 4.78 is 0. The maximum atomic E-state index is 11.4. The Hall–Kier alpha value is -0.780. The molecule has 2 unspecified atom stereocenters. The van der Waals surface area contributed by atoms with Gasteiger partial charge in [-0.3, -0.25) is 0 Å². The Kier molecular flexibility index (Phi) is 5.71. The fraction of sp³-hybridized carbons (Fsp3) is 0.852. The molecule has 0 spiro atoms. The van der Waals surface area contributed by atoms with Crippen molar-refractivity contribution in [2.75, 3.05) is 0 Å². The van der Waals surface area contributed by atoms with Crippen LogP contribution in [0.25, 0.3) is 0 Å². The molecule has 4 aliphatic carbocycles. The van der Waals surface area contributed by atoms with Crippen LogP contribution in [0.5, 0.6) is 0 Å². The van der Waals surface area contributed by atoms with Gasteiger partial charge in [0.1, 0.15) is 5.60 Å². The average molecular weight is 399 g/mol. The van der Waals surface area contributed by atoms with Gasteiger partial charge in [-0.15, -0.1) is 5.92 Å². The fourth-order valence-electron chi connectivity index (χ4n) is 8.16. The molecule has 0 aromatic heterocycles. The number of rotatable bonds is 3. The van der Waals surface area contributed by atoms with E-state index in [0.717, 1.165) is 56.8 Å². The summed E-state index contributed by atoms with van der Waals surface area (Å²) in [6.45, 7) is 9.14. The van der Waals surface area contributed by atoms with Gasteiger partial charge in [-0.05, 0) is 93.3 Å². The minimum atomic E-state index is -0.863. The summed E-state index contributed by atoms with van der Waals surface area (Å²) in [4.78, 5) is 0. The van der Waals surface area contributed by atoms with E-state index in [1.807, 2.05) is 6.92 Å². The van der Waals surface area contributed by atoms with Gasteiger partial charge in [0.25, 0.3) is 0 Å². The molecule has 162 valence electrons. The molecule has 0 radical (unpaired) electrons. The highest BCUT2D eigenvalue weighted by molar-refractivity contribution is 5.26. The molecule has 3 saturated carbocycles. The zero-order valence-electron chi connectivity index (χ0n) is 19.1. The van der Waals surface area contributed by atoms with Crippen molar-refractivity contribution in [3.05, 3.63) is 11.6 Å². The second kappa shape index (κ2) is 7.72. The van der Waals surface area contributed by atoms with Gasteiger partial charge in [-0.2, -0.15) is 0 Å². The Morgan fingerprint density at radius 1 is 1.14 bits per heavy atom. The molecule has 0 aromatic carbocycles. The normalized spacial score (nSPS) is 45.7. The van der Waals surface area contributed by atoms with E-state index in [1.54, 1.807) is 5.57 Å². The first-order chi connectivity index (χ1) is 13.7. The second-order valence-corrected chi connectivity index (χ2v) is 11.4. The van der Waals surface area contributed by atoms with Crippen molar-refractivity contribution in [3.8, 4) is 11.8 Å². The Bertz CT molecular complexity index is 710. The zero-order valence-corrected chi connectivity index (χ0v) is 19.1. The van der Waals surface area contributed by atoms with Crippen LogP contribution < -0.4 is 0 Å². The molecule has 0 saturated heterocycles. The highest BCUT2D eigenvalue weighted by atomic mass is 16.3. The maximum absolute atomic E-state index is 11.4. The van der Waals surface area contributed by atoms with Gasteiger partial charge >= 0.3 is 0 Å². The van der Waals surface area contributed by atoms with Gasteiger partial charge in [0.15, 0.2) is 0 Å². The van der Waals surface area contributed by atoms with E-state index >= 15 is 0 Å². The van der Waals surface area contributed by atoms with Crippen LogP contribution in [0, 0.1) is 46.3 Å². The molecule has 4 rings (SSSR count). The number of aliphatic hydroxyl groups excluding tert-OH is 1. The summed E-state index contributed by atoms with van der Waals surface area (Å²) in [5, 5.41) is 21.6. The third-order valence-electron chi connectivity index (χ3n) is 9.75. The predicted molar refractivity (Wildman–Crippen MR) is 119 cm³/mol. The van der Waals surface area contributed by atoms with Crippen molar-refractivity contribution in [2.24, 2.45) is 34.5 Å². The van der Waals surface area contributed by atoms with Crippen LogP contribution in [-0.4, -0.2) is 21.9 Å². The van der Waals surface area contributed by atoms with E-state index in [0.29, 0.717) is 17.3 Å². The molecular formula is C27H42O2. The Labute approximate surface area is 178 Å². The van der Waals surface area contributed by atoms with Crippen LogP contribution in [0.15, 0.2) is 11.6 Å². The number of hydrogen-bond acceptors (Lipinski definition) is 2. The molecule has 29 heavy (non-hydrogen) atoms. The average Bonchev–Trinajstić information content (AvgIpc) is 3.04. The highest BCUT2D eigenvalue weighted by Gasteiger charge is 2.61. The summed E-state index contributed by atoms with van der Waals surface area (Å²) in [6.07, 6.45) is 14.6. The third kappa shape index (κ3) is 3.51. The lowest BCUT2D eigenvalue weighted by atomic mass is 9.47. The minimum absolute atomic E-state index is 0.128. The molecule has 0 aliphatic heterocycles. The van der Waals surface area contributed by atoms with Crippen molar-refractivity contribution in [1.82, 2.24) is 0 Å². The molecule has 0 aromatic rings. The lowest BCUT2D eigenvalue weighted by molar-refractivity contribution is -0.0826. The largest absolute Gasteiger partial charge is 0.393 e. The summed E-state index contributed by atoms with van der Waals surface area (Å²) in [7, 11) is 0. The molecule has 0 heterocycles. The third-order valence-corrected chi connectivity index (χ3v) is 9.75. The van der Waals surface area contributed by atoms with E-state index in [4.69, 9.17) is 0 Å². The molecule has 2 nitrogen and oxygen atoms in total. The van der Waals surface area contributed by atoms with E-state index < -0.39 is 5.60 Å². The SMILES string of the molecule is CCCCC#CC(C)(O)[C@H]1CC[C@H]2[C@@H]3CC=C4CC(O)CC[C@]4(C)[C@H]3CC[C@]12C. The molecule has 2 heteroatoms. The van der Waals surface area contributed by atoms with Gasteiger partial charge in [-0.1, -0.05) is 44.8 Å². The Balaban J connectivity index is 1.56. The van der Waals surface area contributed by atoms with Gasteiger partial charge in [0.2, 0.25) is 0 Å². The van der Waals surface area contributed by atoms with Crippen LogP contribution in [0.3, 0.4) is 0 Å². The van der Waals surface area contributed by atoms with Gasteiger partial charge in [0.05, 0.1) is 6.10 Å². The molecule has 3 fully saturated rings.